The molecule has 2 rings (SSSR count). The molecule has 0 saturated heterocycles. The van der Waals surface area contributed by atoms with E-state index in [9.17, 15) is 4.79 Å². The van der Waals surface area contributed by atoms with Gasteiger partial charge in [0.1, 0.15) is 0 Å². The molecule has 3 N–H and O–H groups in total. The summed E-state index contributed by atoms with van der Waals surface area (Å²) >= 11 is 1.72. The molecule has 1 heterocycles. The van der Waals surface area contributed by atoms with Gasteiger partial charge in [-0.25, -0.2) is 0 Å². The van der Waals surface area contributed by atoms with Crippen molar-refractivity contribution in [2.75, 3.05) is 17.6 Å². The number of benzene rings is 1. The smallest absolute Gasteiger partial charge is 0.248 e. The fourth-order valence-corrected chi connectivity index (χ4v) is 2.22. The van der Waals surface area contributed by atoms with E-state index >= 15 is 0 Å². The van der Waals surface area contributed by atoms with Gasteiger partial charge in [0.2, 0.25) is 5.91 Å². The van der Waals surface area contributed by atoms with Gasteiger partial charge in [0.05, 0.1) is 0 Å². The highest BCUT2D eigenvalue weighted by Gasteiger charge is 2.06. The van der Waals surface area contributed by atoms with Crippen LogP contribution in [0.5, 0.6) is 0 Å². The van der Waals surface area contributed by atoms with Crippen LogP contribution in [-0.4, -0.2) is 23.4 Å². The number of nitrogens with one attached hydrogen (secondary N) is 1. The van der Waals surface area contributed by atoms with Crippen molar-refractivity contribution < 1.29 is 4.79 Å². The summed E-state index contributed by atoms with van der Waals surface area (Å²) in [6, 6.07) is 7.08. The lowest BCUT2D eigenvalue weighted by Gasteiger charge is -2.13. The Morgan fingerprint density at radius 1 is 1.38 bits per heavy atom. The summed E-state index contributed by atoms with van der Waals surface area (Å²) in [6.45, 7) is 0.884. The van der Waals surface area contributed by atoms with Gasteiger partial charge in [-0.1, -0.05) is 11.8 Å². The lowest BCUT2D eigenvalue weighted by atomic mass is 10.2. The number of amidine groups is 1. The first-order valence-corrected chi connectivity index (χ1v) is 6.08. The van der Waals surface area contributed by atoms with E-state index in [2.05, 4.69) is 10.3 Å². The first-order valence-electron chi connectivity index (χ1n) is 5.10. The minimum atomic E-state index is -0.407. The summed E-state index contributed by atoms with van der Waals surface area (Å²) in [5, 5.41) is 4.15. The van der Waals surface area contributed by atoms with Crippen LogP contribution in [0.2, 0.25) is 0 Å². The molecule has 1 aromatic rings. The Morgan fingerprint density at radius 2 is 2.12 bits per heavy atom. The second kappa shape index (κ2) is 5.03. The average Bonchev–Trinajstić information content (AvgIpc) is 2.31. The molecule has 1 aromatic carbocycles. The maximum Gasteiger partial charge on any atom is 0.248 e. The van der Waals surface area contributed by atoms with E-state index in [1.807, 2.05) is 12.1 Å². The number of amides is 1. The van der Waals surface area contributed by atoms with Crippen LogP contribution in [0.15, 0.2) is 29.3 Å². The fourth-order valence-electron chi connectivity index (χ4n) is 1.38. The molecule has 1 aliphatic heterocycles. The molecule has 0 unspecified atom stereocenters. The number of nitrogens with two attached hydrogens (primary N) is 1. The molecule has 84 valence electrons. The Bertz CT molecular complexity index is 414. The van der Waals surface area contributed by atoms with Gasteiger partial charge in [0, 0.05) is 23.5 Å². The molecule has 5 heteroatoms. The zero-order valence-electron chi connectivity index (χ0n) is 8.77. The maximum atomic E-state index is 10.9. The molecule has 0 atom stereocenters. The number of carbonyl (C=O) groups is 1. The minimum absolute atomic E-state index is 0.407. The minimum Gasteiger partial charge on any atom is -0.366 e. The monoisotopic (exact) mass is 235 g/mol. The van der Waals surface area contributed by atoms with Crippen molar-refractivity contribution in [3.63, 3.8) is 0 Å². The molecule has 0 fully saturated rings. The van der Waals surface area contributed by atoms with E-state index < -0.39 is 5.91 Å². The van der Waals surface area contributed by atoms with E-state index in [1.54, 1.807) is 23.9 Å². The Morgan fingerprint density at radius 3 is 2.69 bits per heavy atom. The SMILES string of the molecule is NC(=O)c1ccc(NC2=NCCCS2)cc1. The highest BCUT2D eigenvalue weighted by atomic mass is 32.2. The molecule has 0 spiro atoms. The molecule has 0 aromatic heterocycles. The quantitative estimate of drug-likeness (QED) is 0.819. The summed E-state index contributed by atoms with van der Waals surface area (Å²) in [4.78, 5) is 15.2. The predicted octanol–water partition coefficient (Wildman–Crippen LogP) is 1.69. The van der Waals surface area contributed by atoms with Gasteiger partial charge >= 0.3 is 0 Å². The standard InChI is InChI=1S/C11H13N3OS/c12-10(15)8-2-4-9(5-3-8)14-11-13-6-1-7-16-11/h2-5H,1,6-7H2,(H2,12,15)(H,13,14). The van der Waals surface area contributed by atoms with Crippen LogP contribution in [0.4, 0.5) is 5.69 Å². The molecule has 0 radical (unpaired) electrons. The number of rotatable bonds is 2. The van der Waals surface area contributed by atoms with E-state index in [-0.39, 0.29) is 0 Å². The van der Waals surface area contributed by atoms with Crippen molar-refractivity contribution in [1.82, 2.24) is 0 Å². The average molecular weight is 235 g/mol. The molecule has 1 amide bonds. The number of primary amides is 1. The van der Waals surface area contributed by atoms with Crippen molar-refractivity contribution in [1.29, 1.82) is 0 Å². The molecule has 0 saturated carbocycles. The van der Waals surface area contributed by atoms with Crippen LogP contribution < -0.4 is 11.1 Å². The van der Waals surface area contributed by atoms with Crippen LogP contribution in [0.3, 0.4) is 0 Å². The highest BCUT2D eigenvalue weighted by molar-refractivity contribution is 8.14. The summed E-state index contributed by atoms with van der Waals surface area (Å²) in [6.07, 6.45) is 1.14. The third-order valence-corrected chi connectivity index (χ3v) is 3.21. The van der Waals surface area contributed by atoms with Crippen molar-refractivity contribution in [3.8, 4) is 0 Å². The molecule has 0 aliphatic carbocycles. The number of nitrogens with zero attached hydrogens (tertiary/aromatic N) is 1. The molecule has 4 nitrogen and oxygen atoms in total. The van der Waals surface area contributed by atoms with Crippen LogP contribution in [-0.2, 0) is 0 Å². The summed E-state index contributed by atoms with van der Waals surface area (Å²) in [5.74, 6) is 0.696. The molecule has 1 aliphatic rings. The number of thioether (sulfide) groups is 1. The van der Waals surface area contributed by atoms with Gasteiger partial charge in [-0.3, -0.25) is 9.79 Å². The van der Waals surface area contributed by atoms with E-state index in [0.29, 0.717) is 5.56 Å². The summed E-state index contributed by atoms with van der Waals surface area (Å²) < 4.78 is 0. The molecular formula is C11H13N3OS. The van der Waals surface area contributed by atoms with E-state index in [1.165, 1.54) is 0 Å². The van der Waals surface area contributed by atoms with E-state index in [4.69, 9.17) is 5.73 Å². The van der Waals surface area contributed by atoms with Crippen LogP contribution in [0.25, 0.3) is 0 Å². The lowest BCUT2D eigenvalue weighted by molar-refractivity contribution is 0.100. The Hall–Kier alpha value is -1.49. The topological polar surface area (TPSA) is 67.5 Å². The Kier molecular flexibility index (Phi) is 3.46. The van der Waals surface area contributed by atoms with Crippen LogP contribution in [0, 0.1) is 0 Å². The van der Waals surface area contributed by atoms with Gasteiger partial charge in [-0.2, -0.15) is 0 Å². The molecular weight excluding hydrogens is 222 g/mol. The number of aliphatic imine (C=N–C) groups is 1. The van der Waals surface area contributed by atoms with Crippen molar-refractivity contribution in [2.24, 2.45) is 10.7 Å². The van der Waals surface area contributed by atoms with Gasteiger partial charge in [0.25, 0.3) is 0 Å². The van der Waals surface area contributed by atoms with Gasteiger partial charge < -0.3 is 11.1 Å². The molecule has 16 heavy (non-hydrogen) atoms. The largest absolute Gasteiger partial charge is 0.366 e. The third-order valence-electron chi connectivity index (χ3n) is 2.22. The van der Waals surface area contributed by atoms with E-state index in [0.717, 1.165) is 29.6 Å². The first kappa shape index (κ1) is 11.0. The fraction of sp³-hybridized carbons (Fsp3) is 0.273. The summed E-state index contributed by atoms with van der Waals surface area (Å²) in [5.41, 5.74) is 6.61. The van der Waals surface area contributed by atoms with Crippen LogP contribution in [0.1, 0.15) is 16.8 Å². The van der Waals surface area contributed by atoms with Crippen molar-refractivity contribution in [2.45, 2.75) is 6.42 Å². The normalized spacial score (nSPS) is 15.4. The Labute approximate surface area is 98.3 Å². The number of carbonyl (C=O) groups excluding carboxylic acids is 1. The van der Waals surface area contributed by atoms with Gasteiger partial charge in [-0.15, -0.1) is 0 Å². The lowest BCUT2D eigenvalue weighted by Crippen LogP contribution is -2.14. The van der Waals surface area contributed by atoms with Gasteiger partial charge in [0.15, 0.2) is 5.17 Å². The second-order valence-corrected chi connectivity index (χ2v) is 4.54. The third kappa shape index (κ3) is 2.76. The Balaban J connectivity index is 2.04. The van der Waals surface area contributed by atoms with Gasteiger partial charge in [-0.05, 0) is 30.7 Å². The first-order chi connectivity index (χ1) is 7.75. The zero-order chi connectivity index (χ0) is 11.4. The second-order valence-electron chi connectivity index (χ2n) is 3.46. The van der Waals surface area contributed by atoms with Crippen molar-refractivity contribution in [3.05, 3.63) is 29.8 Å². The zero-order valence-corrected chi connectivity index (χ0v) is 9.59. The van der Waals surface area contributed by atoms with Crippen LogP contribution >= 0.6 is 11.8 Å². The van der Waals surface area contributed by atoms with Crippen molar-refractivity contribution >= 4 is 28.5 Å². The summed E-state index contributed by atoms with van der Waals surface area (Å²) in [7, 11) is 0. The number of hydrogen-bond acceptors (Lipinski definition) is 4. The number of anilines is 1. The predicted molar refractivity (Wildman–Crippen MR) is 68.0 cm³/mol. The molecule has 0 bridgehead atoms. The maximum absolute atomic E-state index is 10.9. The highest BCUT2D eigenvalue weighted by Crippen LogP contribution is 2.16. The number of hydrogen-bond donors (Lipinski definition) is 2.